The molecule has 0 atom stereocenters. The summed E-state index contributed by atoms with van der Waals surface area (Å²) in [7, 11) is 0. The van der Waals surface area contributed by atoms with Gasteiger partial charge in [0.2, 0.25) is 0 Å². The van der Waals surface area contributed by atoms with Gasteiger partial charge in [0.05, 0.1) is 5.69 Å². The van der Waals surface area contributed by atoms with Crippen LogP contribution in [0.5, 0.6) is 0 Å². The summed E-state index contributed by atoms with van der Waals surface area (Å²) in [6.45, 7) is 0.538. The Balaban J connectivity index is 2.10. The summed E-state index contributed by atoms with van der Waals surface area (Å²) in [6, 6.07) is 21.6. The Kier molecular flexibility index (Phi) is 3.80. The molecule has 0 radical (unpaired) electrons. The fraction of sp³-hybridized carbons (Fsp3) is 0.0556. The average molecular weight is 286 g/mol. The second-order valence-corrected chi connectivity index (χ2v) is 4.91. The summed E-state index contributed by atoms with van der Waals surface area (Å²) < 4.78 is 1.75. The number of nitrogens with zero attached hydrogens (tertiary/aromatic N) is 3. The van der Waals surface area contributed by atoms with Crippen molar-refractivity contribution in [3.05, 3.63) is 83.6 Å². The first-order valence-electron chi connectivity index (χ1n) is 6.93. The first-order valence-corrected chi connectivity index (χ1v) is 6.93. The van der Waals surface area contributed by atoms with Crippen molar-refractivity contribution in [3.63, 3.8) is 0 Å². The molecule has 0 unspecified atom stereocenters. The molecule has 1 aromatic heterocycles. The Labute approximate surface area is 128 Å². The van der Waals surface area contributed by atoms with E-state index in [0.29, 0.717) is 12.2 Å². The van der Waals surface area contributed by atoms with Crippen LogP contribution < -0.4 is 5.49 Å². The molecule has 0 saturated carbocycles. The molecule has 106 valence electrons. The van der Waals surface area contributed by atoms with Crippen LogP contribution in [-0.2, 0) is 6.54 Å². The third kappa shape index (κ3) is 2.79. The molecule has 0 bridgehead atoms. The third-order valence-electron chi connectivity index (χ3n) is 3.39. The average Bonchev–Trinajstić information content (AvgIpc) is 2.58. The maximum absolute atomic E-state index is 9.23. The molecule has 3 aromatic rings. The molecule has 4 heteroatoms. The van der Waals surface area contributed by atoms with Gasteiger partial charge in [-0.2, -0.15) is 5.26 Å². The highest BCUT2D eigenvalue weighted by Gasteiger charge is 2.07. The van der Waals surface area contributed by atoms with Gasteiger partial charge in [-0.05, 0) is 5.56 Å². The lowest BCUT2D eigenvalue weighted by molar-refractivity contribution is 0.717. The Bertz CT molecular complexity index is 874. The molecular weight excluding hydrogens is 272 g/mol. The van der Waals surface area contributed by atoms with Crippen molar-refractivity contribution in [1.29, 1.82) is 10.7 Å². The Morgan fingerprint density at radius 2 is 1.64 bits per heavy atom. The van der Waals surface area contributed by atoms with Crippen molar-refractivity contribution in [2.45, 2.75) is 6.54 Å². The molecule has 4 nitrogen and oxygen atoms in total. The second-order valence-electron chi connectivity index (χ2n) is 4.91. The van der Waals surface area contributed by atoms with E-state index in [9.17, 15) is 5.26 Å². The van der Waals surface area contributed by atoms with E-state index in [1.165, 1.54) is 0 Å². The highest BCUT2D eigenvalue weighted by molar-refractivity contribution is 5.58. The highest BCUT2D eigenvalue weighted by atomic mass is 15.0. The monoisotopic (exact) mass is 286 g/mol. The quantitative estimate of drug-likeness (QED) is 0.804. The zero-order chi connectivity index (χ0) is 15.4. The molecule has 3 rings (SSSR count). The minimum atomic E-state index is 0.131. The molecule has 1 N–H and O–H groups in total. The van der Waals surface area contributed by atoms with Gasteiger partial charge < -0.3 is 4.57 Å². The predicted molar refractivity (Wildman–Crippen MR) is 83.8 cm³/mol. The van der Waals surface area contributed by atoms with Crippen LogP contribution in [0, 0.1) is 16.7 Å². The van der Waals surface area contributed by atoms with Gasteiger partial charge in [0.25, 0.3) is 0 Å². The lowest BCUT2D eigenvalue weighted by Crippen LogP contribution is -2.24. The number of benzene rings is 2. The molecule has 0 aliphatic rings. The van der Waals surface area contributed by atoms with Crippen molar-refractivity contribution < 1.29 is 0 Å². The molecule has 2 aromatic carbocycles. The van der Waals surface area contributed by atoms with Gasteiger partial charge in [-0.1, -0.05) is 60.7 Å². The normalized spacial score (nSPS) is 10.1. The number of hydrogen-bond acceptors (Lipinski definition) is 3. The summed E-state index contributed by atoms with van der Waals surface area (Å²) in [6.07, 6.45) is 1.82. The minimum Gasteiger partial charge on any atom is -0.324 e. The topological polar surface area (TPSA) is 65.5 Å². The fourth-order valence-electron chi connectivity index (χ4n) is 2.28. The van der Waals surface area contributed by atoms with Gasteiger partial charge >= 0.3 is 0 Å². The highest BCUT2D eigenvalue weighted by Crippen LogP contribution is 2.15. The van der Waals surface area contributed by atoms with Crippen LogP contribution in [-0.4, -0.2) is 9.55 Å². The Hall–Kier alpha value is -3.19. The second kappa shape index (κ2) is 6.06. The molecule has 0 spiro atoms. The lowest BCUT2D eigenvalue weighted by atomic mass is 10.1. The van der Waals surface area contributed by atoms with Crippen molar-refractivity contribution in [3.8, 4) is 17.3 Å². The molecule has 0 saturated heterocycles. The first kappa shape index (κ1) is 13.8. The van der Waals surface area contributed by atoms with E-state index >= 15 is 0 Å². The number of aromatic nitrogens is 2. The molecule has 1 heterocycles. The van der Waals surface area contributed by atoms with Gasteiger partial charge in [0, 0.05) is 18.3 Å². The zero-order valence-electron chi connectivity index (χ0n) is 11.9. The van der Waals surface area contributed by atoms with E-state index < -0.39 is 0 Å². The fourth-order valence-corrected chi connectivity index (χ4v) is 2.28. The van der Waals surface area contributed by atoms with Crippen LogP contribution in [0.1, 0.15) is 11.3 Å². The van der Waals surface area contributed by atoms with Crippen molar-refractivity contribution in [1.82, 2.24) is 9.55 Å². The van der Waals surface area contributed by atoms with Crippen molar-refractivity contribution in [2.75, 3.05) is 0 Å². The maximum Gasteiger partial charge on any atom is 0.183 e. The number of nitrogens with one attached hydrogen (secondary N) is 1. The lowest BCUT2D eigenvalue weighted by Gasteiger charge is -2.10. The predicted octanol–water partition coefficient (Wildman–Crippen LogP) is 2.95. The van der Waals surface area contributed by atoms with E-state index in [-0.39, 0.29) is 11.2 Å². The van der Waals surface area contributed by atoms with E-state index in [0.717, 1.165) is 11.1 Å². The van der Waals surface area contributed by atoms with Gasteiger partial charge in [-0.15, -0.1) is 0 Å². The van der Waals surface area contributed by atoms with E-state index in [1.54, 1.807) is 4.57 Å². The zero-order valence-corrected chi connectivity index (χ0v) is 11.9. The summed E-state index contributed by atoms with van der Waals surface area (Å²) in [5.74, 6) is 0. The van der Waals surface area contributed by atoms with Gasteiger partial charge in [-0.3, -0.25) is 5.41 Å². The van der Waals surface area contributed by atoms with Crippen molar-refractivity contribution >= 4 is 0 Å². The maximum atomic E-state index is 9.23. The van der Waals surface area contributed by atoms with Crippen LogP contribution >= 0.6 is 0 Å². The molecule has 0 amide bonds. The standard InChI is InChI=1S/C18H14N4/c19-11-16-18(20)22(12-14-7-3-1-4-8-14)13-17(21-16)15-9-5-2-6-10-15/h1-10,13,20H,12H2. The largest absolute Gasteiger partial charge is 0.324 e. The van der Waals surface area contributed by atoms with Crippen LogP contribution in [0.15, 0.2) is 66.9 Å². The van der Waals surface area contributed by atoms with Crippen LogP contribution in [0.2, 0.25) is 0 Å². The minimum absolute atomic E-state index is 0.131. The Morgan fingerprint density at radius 1 is 1.00 bits per heavy atom. The molecule has 0 aliphatic heterocycles. The Morgan fingerprint density at radius 3 is 2.27 bits per heavy atom. The molecule has 0 fully saturated rings. The van der Waals surface area contributed by atoms with Gasteiger partial charge in [0.1, 0.15) is 6.07 Å². The number of nitriles is 1. The molecular formula is C18H14N4. The van der Waals surface area contributed by atoms with Crippen molar-refractivity contribution in [2.24, 2.45) is 0 Å². The number of rotatable bonds is 3. The molecule has 0 aliphatic carbocycles. The third-order valence-corrected chi connectivity index (χ3v) is 3.39. The summed E-state index contributed by atoms with van der Waals surface area (Å²) in [5, 5.41) is 17.4. The SMILES string of the molecule is N#Cc1nc(-c2ccccc2)cn(Cc2ccccc2)c1=N. The van der Waals surface area contributed by atoms with Crippen LogP contribution in [0.25, 0.3) is 11.3 Å². The van der Waals surface area contributed by atoms with E-state index in [2.05, 4.69) is 4.98 Å². The summed E-state index contributed by atoms with van der Waals surface area (Å²) in [5.41, 5.74) is 2.98. The summed E-state index contributed by atoms with van der Waals surface area (Å²) >= 11 is 0. The van der Waals surface area contributed by atoms with E-state index in [4.69, 9.17) is 5.41 Å². The smallest absolute Gasteiger partial charge is 0.183 e. The summed E-state index contributed by atoms with van der Waals surface area (Å²) in [4.78, 5) is 4.29. The van der Waals surface area contributed by atoms with E-state index in [1.807, 2.05) is 72.9 Å². The van der Waals surface area contributed by atoms with Crippen LogP contribution in [0.3, 0.4) is 0 Å². The van der Waals surface area contributed by atoms with Gasteiger partial charge in [0.15, 0.2) is 11.2 Å². The van der Waals surface area contributed by atoms with Crippen LogP contribution in [0.4, 0.5) is 0 Å². The number of hydrogen-bond donors (Lipinski definition) is 1. The first-order chi connectivity index (χ1) is 10.8. The van der Waals surface area contributed by atoms with Gasteiger partial charge in [-0.25, -0.2) is 4.98 Å². The molecule has 22 heavy (non-hydrogen) atoms.